The topological polar surface area (TPSA) is 106 Å². The van der Waals surface area contributed by atoms with Gasteiger partial charge in [0.1, 0.15) is 11.1 Å². The molecule has 0 saturated heterocycles. The molecule has 1 aromatic carbocycles. The predicted molar refractivity (Wildman–Crippen MR) is 99.3 cm³/mol. The maximum atomic E-state index is 12.5. The monoisotopic (exact) mass is 380 g/mol. The molecule has 136 valence electrons. The number of carbonyl (C=O) groups excluding carboxylic acids is 2. The van der Waals surface area contributed by atoms with Gasteiger partial charge >= 0.3 is 6.09 Å². The number of hydrogen-bond acceptors (Lipinski definition) is 6. The lowest BCUT2D eigenvalue weighted by Gasteiger charge is -2.25. The van der Waals surface area contributed by atoms with Crippen LogP contribution in [-0.2, 0) is 17.7 Å². The van der Waals surface area contributed by atoms with Crippen LogP contribution in [0, 0.1) is 22.7 Å². The minimum absolute atomic E-state index is 0.308. The van der Waals surface area contributed by atoms with Crippen LogP contribution in [0.25, 0.3) is 0 Å². The Kier molecular flexibility index (Phi) is 5.39. The Morgan fingerprint density at radius 3 is 2.63 bits per heavy atom. The number of nitrogens with one attached hydrogen (secondary N) is 1. The van der Waals surface area contributed by atoms with E-state index >= 15 is 0 Å². The van der Waals surface area contributed by atoms with Gasteiger partial charge in [-0.3, -0.25) is 4.79 Å². The quantitative estimate of drug-likeness (QED) is 0.880. The molecule has 0 unspecified atom stereocenters. The summed E-state index contributed by atoms with van der Waals surface area (Å²) in [7, 11) is 0. The van der Waals surface area contributed by atoms with Crippen molar-refractivity contribution in [2.45, 2.75) is 19.9 Å². The van der Waals surface area contributed by atoms with Crippen LogP contribution in [0.4, 0.5) is 9.80 Å². The molecule has 0 bridgehead atoms. The van der Waals surface area contributed by atoms with E-state index in [-0.39, 0.29) is 12.0 Å². The molecule has 3 rings (SSSR count). The molecule has 1 aliphatic heterocycles. The van der Waals surface area contributed by atoms with Crippen LogP contribution in [0.15, 0.2) is 24.3 Å². The van der Waals surface area contributed by atoms with Crippen molar-refractivity contribution in [3.8, 4) is 12.1 Å². The smallest absolute Gasteiger partial charge is 0.410 e. The summed E-state index contributed by atoms with van der Waals surface area (Å²) in [5.74, 6) is -0.350. The summed E-state index contributed by atoms with van der Waals surface area (Å²) in [4.78, 5) is 26.9. The van der Waals surface area contributed by atoms with Crippen molar-refractivity contribution in [1.29, 1.82) is 10.5 Å². The van der Waals surface area contributed by atoms with E-state index in [9.17, 15) is 14.9 Å². The van der Waals surface area contributed by atoms with Crippen LogP contribution in [0.1, 0.15) is 38.8 Å². The Morgan fingerprint density at radius 2 is 2.00 bits per heavy atom. The highest BCUT2D eigenvalue weighted by Gasteiger charge is 2.28. The van der Waals surface area contributed by atoms with Gasteiger partial charge in [0.15, 0.2) is 0 Å². The number of anilines is 1. The highest BCUT2D eigenvalue weighted by molar-refractivity contribution is 7.16. The van der Waals surface area contributed by atoms with E-state index in [1.807, 2.05) is 6.07 Å². The molecule has 0 spiro atoms. The van der Waals surface area contributed by atoms with Crippen molar-refractivity contribution in [1.82, 2.24) is 4.90 Å². The van der Waals surface area contributed by atoms with E-state index in [1.165, 1.54) is 11.3 Å². The second-order valence-electron chi connectivity index (χ2n) is 5.83. The number of nitrogens with zero attached hydrogens (tertiary/aromatic N) is 3. The summed E-state index contributed by atoms with van der Waals surface area (Å²) in [6, 6.07) is 10.4. The highest BCUT2D eigenvalue weighted by Crippen LogP contribution is 2.37. The zero-order valence-corrected chi connectivity index (χ0v) is 15.4. The molecule has 7 nitrogen and oxygen atoms in total. The molecule has 2 heterocycles. The zero-order chi connectivity index (χ0) is 19.4. The van der Waals surface area contributed by atoms with Gasteiger partial charge in [0, 0.05) is 17.0 Å². The lowest BCUT2D eigenvalue weighted by molar-refractivity contribution is 0.102. The fraction of sp³-hybridized carbons (Fsp3) is 0.263. The van der Waals surface area contributed by atoms with Gasteiger partial charge in [-0.2, -0.15) is 10.5 Å². The molecule has 1 aliphatic rings. The normalized spacial score (nSPS) is 12.5. The van der Waals surface area contributed by atoms with Gasteiger partial charge in [-0.1, -0.05) is 0 Å². The van der Waals surface area contributed by atoms with Crippen molar-refractivity contribution >= 4 is 28.3 Å². The lowest BCUT2D eigenvalue weighted by Crippen LogP contribution is -2.35. The van der Waals surface area contributed by atoms with Crippen LogP contribution in [-0.4, -0.2) is 30.1 Å². The first-order valence-corrected chi connectivity index (χ1v) is 9.16. The first kappa shape index (κ1) is 18.4. The average Bonchev–Trinajstić information content (AvgIpc) is 3.04. The third-order valence-corrected chi connectivity index (χ3v) is 5.33. The van der Waals surface area contributed by atoms with Crippen molar-refractivity contribution < 1.29 is 14.3 Å². The van der Waals surface area contributed by atoms with E-state index in [4.69, 9.17) is 10.00 Å². The number of rotatable bonds is 3. The molecular weight excluding hydrogens is 364 g/mol. The minimum atomic E-state index is -0.377. The van der Waals surface area contributed by atoms with E-state index in [0.29, 0.717) is 47.8 Å². The SMILES string of the molecule is CCOC(=O)N1CCc2c(sc(NC(=O)c3ccc(C#N)cc3)c2C#N)C1. The highest BCUT2D eigenvalue weighted by atomic mass is 32.1. The lowest BCUT2D eigenvalue weighted by atomic mass is 10.0. The predicted octanol–water partition coefficient (Wildman–Crippen LogP) is 3.26. The Balaban J connectivity index is 1.81. The minimum Gasteiger partial charge on any atom is -0.450 e. The summed E-state index contributed by atoms with van der Waals surface area (Å²) in [6.45, 7) is 2.89. The molecule has 0 atom stereocenters. The molecule has 8 heteroatoms. The standard InChI is InChI=1S/C19H16N4O3S/c1-2-26-19(25)23-8-7-14-15(10-21)18(27-16(14)11-23)22-17(24)13-5-3-12(9-20)4-6-13/h3-6H,2,7-8,11H2,1H3,(H,22,24). The Labute approximate surface area is 160 Å². The van der Waals surface area contributed by atoms with Crippen LogP contribution >= 0.6 is 11.3 Å². The van der Waals surface area contributed by atoms with Crippen molar-refractivity contribution in [2.24, 2.45) is 0 Å². The molecular formula is C19H16N4O3S. The summed E-state index contributed by atoms with van der Waals surface area (Å²) in [5.41, 5.74) is 2.19. The number of nitriles is 2. The van der Waals surface area contributed by atoms with Crippen molar-refractivity contribution in [2.75, 3.05) is 18.5 Å². The molecule has 0 saturated carbocycles. The third kappa shape index (κ3) is 3.76. The third-order valence-electron chi connectivity index (χ3n) is 4.20. The largest absolute Gasteiger partial charge is 0.450 e. The number of thiophene rings is 1. The number of amides is 2. The van der Waals surface area contributed by atoms with Crippen LogP contribution in [0.3, 0.4) is 0 Å². The molecule has 1 aromatic heterocycles. The summed E-state index contributed by atoms with van der Waals surface area (Å²) in [6.07, 6.45) is 0.165. The molecule has 0 radical (unpaired) electrons. The molecule has 2 aromatic rings. The van der Waals surface area contributed by atoms with Crippen LogP contribution < -0.4 is 5.32 Å². The molecule has 0 aliphatic carbocycles. The van der Waals surface area contributed by atoms with E-state index in [0.717, 1.165) is 10.4 Å². The fourth-order valence-corrected chi connectivity index (χ4v) is 4.06. The summed E-state index contributed by atoms with van der Waals surface area (Å²) in [5, 5.41) is 21.6. The van der Waals surface area contributed by atoms with Gasteiger partial charge in [0.25, 0.3) is 5.91 Å². The molecule has 1 N–H and O–H groups in total. The van der Waals surface area contributed by atoms with Crippen molar-refractivity contribution in [3.63, 3.8) is 0 Å². The molecule has 0 fully saturated rings. The summed E-state index contributed by atoms with van der Waals surface area (Å²) < 4.78 is 5.03. The maximum Gasteiger partial charge on any atom is 0.410 e. The second kappa shape index (κ2) is 7.90. The first-order valence-electron chi connectivity index (χ1n) is 8.35. The molecule has 27 heavy (non-hydrogen) atoms. The van der Waals surface area contributed by atoms with Gasteiger partial charge in [-0.25, -0.2) is 4.79 Å². The first-order chi connectivity index (χ1) is 13.1. The van der Waals surface area contributed by atoms with Gasteiger partial charge in [-0.05, 0) is 43.2 Å². The number of carbonyl (C=O) groups is 2. The van der Waals surface area contributed by atoms with E-state index in [1.54, 1.807) is 36.1 Å². The van der Waals surface area contributed by atoms with Crippen LogP contribution in [0.2, 0.25) is 0 Å². The maximum absolute atomic E-state index is 12.5. The van der Waals surface area contributed by atoms with Crippen molar-refractivity contribution in [3.05, 3.63) is 51.4 Å². The number of benzene rings is 1. The number of hydrogen-bond donors (Lipinski definition) is 1. The van der Waals surface area contributed by atoms with Gasteiger partial charge < -0.3 is 15.0 Å². The Hall–Kier alpha value is -3.36. The van der Waals surface area contributed by atoms with E-state index < -0.39 is 0 Å². The average molecular weight is 380 g/mol. The number of fused-ring (bicyclic) bond motifs is 1. The van der Waals surface area contributed by atoms with Gasteiger partial charge in [-0.15, -0.1) is 11.3 Å². The second-order valence-corrected chi connectivity index (χ2v) is 6.94. The Morgan fingerprint density at radius 1 is 1.26 bits per heavy atom. The Bertz CT molecular complexity index is 967. The molecule has 2 amide bonds. The fourth-order valence-electron chi connectivity index (χ4n) is 2.85. The number of ether oxygens (including phenoxy) is 1. The summed E-state index contributed by atoms with van der Waals surface area (Å²) >= 11 is 1.30. The van der Waals surface area contributed by atoms with Gasteiger partial charge in [0.05, 0.1) is 30.3 Å². The van der Waals surface area contributed by atoms with E-state index in [2.05, 4.69) is 11.4 Å². The van der Waals surface area contributed by atoms with Gasteiger partial charge in [0.2, 0.25) is 0 Å². The zero-order valence-electron chi connectivity index (χ0n) is 14.6. The van der Waals surface area contributed by atoms with Crippen LogP contribution in [0.5, 0.6) is 0 Å².